The first-order valence-electron chi connectivity index (χ1n) is 6.74. The Morgan fingerprint density at radius 1 is 1.00 bits per heavy atom. The fourth-order valence-corrected chi connectivity index (χ4v) is 2.22. The summed E-state index contributed by atoms with van der Waals surface area (Å²) in [6.07, 6.45) is 0. The summed E-state index contributed by atoms with van der Waals surface area (Å²) in [4.78, 5) is 8.21. The zero-order valence-corrected chi connectivity index (χ0v) is 11.8. The highest BCUT2D eigenvalue weighted by Crippen LogP contribution is 2.29. The minimum Gasteiger partial charge on any atom is -0.477 e. The molecular weight excluding hydrogens is 288 g/mol. The Labute approximate surface area is 125 Å². The molecule has 22 heavy (non-hydrogen) atoms. The van der Waals surface area contributed by atoms with E-state index in [0.717, 1.165) is 12.1 Å². The molecule has 3 aromatic rings. The van der Waals surface area contributed by atoms with Gasteiger partial charge < -0.3 is 10.5 Å². The zero-order chi connectivity index (χ0) is 15.7. The molecule has 0 aliphatic heterocycles. The lowest BCUT2D eigenvalue weighted by Gasteiger charge is -2.09. The van der Waals surface area contributed by atoms with Gasteiger partial charge in [-0.2, -0.15) is 4.98 Å². The third-order valence-electron chi connectivity index (χ3n) is 3.21. The highest BCUT2D eigenvalue weighted by atomic mass is 19.2. The maximum Gasteiger partial charge on any atom is 0.226 e. The molecule has 1 aromatic heterocycles. The summed E-state index contributed by atoms with van der Waals surface area (Å²) >= 11 is 0. The Kier molecular flexibility index (Phi) is 3.58. The molecule has 0 unspecified atom stereocenters. The van der Waals surface area contributed by atoms with E-state index in [4.69, 9.17) is 10.5 Å². The molecule has 1 heterocycles. The summed E-state index contributed by atoms with van der Waals surface area (Å²) in [6.45, 7) is 2.27. The molecule has 0 amide bonds. The lowest BCUT2D eigenvalue weighted by atomic mass is 10.0. The van der Waals surface area contributed by atoms with Crippen molar-refractivity contribution in [3.05, 3.63) is 48.0 Å². The third-order valence-corrected chi connectivity index (χ3v) is 3.21. The van der Waals surface area contributed by atoms with Crippen LogP contribution in [0.3, 0.4) is 0 Å². The predicted octanol–water partition coefficient (Wildman–Crippen LogP) is 3.56. The molecule has 0 saturated heterocycles. The van der Waals surface area contributed by atoms with Gasteiger partial charge >= 0.3 is 0 Å². The van der Waals surface area contributed by atoms with Crippen LogP contribution in [-0.4, -0.2) is 16.6 Å². The van der Waals surface area contributed by atoms with Crippen molar-refractivity contribution in [2.45, 2.75) is 6.92 Å². The number of halogens is 2. The van der Waals surface area contributed by atoms with Gasteiger partial charge in [0.1, 0.15) is 0 Å². The molecule has 0 atom stereocenters. The van der Waals surface area contributed by atoms with E-state index in [-0.39, 0.29) is 5.95 Å². The lowest BCUT2D eigenvalue weighted by Crippen LogP contribution is -2.01. The number of nitrogens with zero attached hydrogens (tertiary/aromatic N) is 2. The summed E-state index contributed by atoms with van der Waals surface area (Å²) in [5, 5.41) is 0.665. The molecule has 0 saturated carbocycles. The van der Waals surface area contributed by atoms with Crippen molar-refractivity contribution >= 4 is 16.9 Å². The van der Waals surface area contributed by atoms with Gasteiger partial charge in [0.2, 0.25) is 11.8 Å². The summed E-state index contributed by atoms with van der Waals surface area (Å²) in [5.41, 5.74) is 7.54. The number of hydrogen-bond acceptors (Lipinski definition) is 4. The maximum absolute atomic E-state index is 13.4. The van der Waals surface area contributed by atoms with Crippen LogP contribution in [0, 0.1) is 11.6 Å². The van der Waals surface area contributed by atoms with Crippen LogP contribution in [0.2, 0.25) is 0 Å². The fourth-order valence-electron chi connectivity index (χ4n) is 2.22. The van der Waals surface area contributed by atoms with E-state index >= 15 is 0 Å². The molecule has 3 rings (SSSR count). The smallest absolute Gasteiger partial charge is 0.226 e. The van der Waals surface area contributed by atoms with E-state index < -0.39 is 11.6 Å². The molecular formula is C16H13F2N3O. The minimum atomic E-state index is -0.892. The number of anilines is 1. The van der Waals surface area contributed by atoms with Crippen molar-refractivity contribution in [3.63, 3.8) is 0 Å². The second-order valence-electron chi connectivity index (χ2n) is 4.68. The number of aromatic nitrogens is 2. The minimum absolute atomic E-state index is 0.122. The first-order chi connectivity index (χ1) is 10.6. The summed E-state index contributed by atoms with van der Waals surface area (Å²) in [6, 6.07) is 9.03. The van der Waals surface area contributed by atoms with Crippen molar-refractivity contribution in [3.8, 4) is 17.0 Å². The Hall–Kier alpha value is -2.76. The molecule has 2 N–H and O–H groups in total. The predicted molar refractivity (Wildman–Crippen MR) is 80.5 cm³/mol. The molecule has 0 aliphatic rings. The zero-order valence-electron chi connectivity index (χ0n) is 11.8. The second-order valence-corrected chi connectivity index (χ2v) is 4.68. The normalized spacial score (nSPS) is 10.9. The molecule has 0 bridgehead atoms. The van der Waals surface area contributed by atoms with Gasteiger partial charge in [-0.3, -0.25) is 0 Å². The number of benzene rings is 2. The van der Waals surface area contributed by atoms with E-state index in [2.05, 4.69) is 9.97 Å². The van der Waals surface area contributed by atoms with E-state index in [1.807, 2.05) is 6.92 Å². The van der Waals surface area contributed by atoms with Gasteiger partial charge in [-0.25, -0.2) is 13.8 Å². The highest BCUT2D eigenvalue weighted by molar-refractivity contribution is 5.89. The second kappa shape index (κ2) is 5.55. The van der Waals surface area contributed by atoms with Crippen molar-refractivity contribution in [1.29, 1.82) is 0 Å². The first-order valence-corrected chi connectivity index (χ1v) is 6.74. The van der Waals surface area contributed by atoms with Gasteiger partial charge in [-0.1, -0.05) is 12.1 Å². The van der Waals surface area contributed by atoms with Gasteiger partial charge in [0, 0.05) is 0 Å². The maximum atomic E-state index is 13.4. The van der Waals surface area contributed by atoms with Crippen LogP contribution < -0.4 is 10.5 Å². The van der Waals surface area contributed by atoms with Crippen LogP contribution in [0.15, 0.2) is 36.4 Å². The molecule has 2 aromatic carbocycles. The SMILES string of the molecule is CCOc1nc(N)nc2ccc(-c3ccc(F)c(F)c3)cc12. The Balaban J connectivity index is 2.17. The summed E-state index contributed by atoms with van der Waals surface area (Å²) < 4.78 is 31.9. The van der Waals surface area contributed by atoms with Crippen molar-refractivity contribution < 1.29 is 13.5 Å². The summed E-state index contributed by atoms with van der Waals surface area (Å²) in [7, 11) is 0. The lowest BCUT2D eigenvalue weighted by molar-refractivity contribution is 0.331. The largest absolute Gasteiger partial charge is 0.477 e. The molecule has 0 radical (unpaired) electrons. The van der Waals surface area contributed by atoms with Crippen LogP contribution in [-0.2, 0) is 0 Å². The number of ether oxygens (including phenoxy) is 1. The van der Waals surface area contributed by atoms with Crippen molar-refractivity contribution in [1.82, 2.24) is 9.97 Å². The van der Waals surface area contributed by atoms with Crippen LogP contribution in [0.25, 0.3) is 22.0 Å². The fraction of sp³-hybridized carbons (Fsp3) is 0.125. The van der Waals surface area contributed by atoms with Gasteiger partial charge in [0.25, 0.3) is 0 Å². The van der Waals surface area contributed by atoms with Gasteiger partial charge in [0.05, 0.1) is 17.5 Å². The van der Waals surface area contributed by atoms with Crippen LogP contribution in [0.4, 0.5) is 14.7 Å². The van der Waals surface area contributed by atoms with Crippen LogP contribution in [0.1, 0.15) is 6.92 Å². The number of nitrogens with two attached hydrogens (primary N) is 1. The number of rotatable bonds is 3. The van der Waals surface area contributed by atoms with Crippen molar-refractivity contribution in [2.24, 2.45) is 0 Å². The van der Waals surface area contributed by atoms with Crippen LogP contribution in [0.5, 0.6) is 5.88 Å². The van der Waals surface area contributed by atoms with Gasteiger partial charge in [-0.05, 0) is 42.3 Å². The molecule has 0 spiro atoms. The van der Waals surface area contributed by atoms with Crippen LogP contribution >= 0.6 is 0 Å². The Bertz CT molecular complexity index is 852. The summed E-state index contributed by atoms with van der Waals surface area (Å²) in [5.74, 6) is -1.28. The monoisotopic (exact) mass is 301 g/mol. The highest BCUT2D eigenvalue weighted by Gasteiger charge is 2.10. The molecule has 0 fully saturated rings. The van der Waals surface area contributed by atoms with E-state index in [1.165, 1.54) is 6.07 Å². The number of fused-ring (bicyclic) bond motifs is 1. The topological polar surface area (TPSA) is 61.0 Å². The van der Waals surface area contributed by atoms with E-state index in [0.29, 0.717) is 34.5 Å². The van der Waals surface area contributed by atoms with Gasteiger partial charge in [-0.15, -0.1) is 0 Å². The number of nitrogen functional groups attached to an aromatic ring is 1. The van der Waals surface area contributed by atoms with Crippen molar-refractivity contribution in [2.75, 3.05) is 12.3 Å². The van der Waals surface area contributed by atoms with Gasteiger partial charge in [0.15, 0.2) is 11.6 Å². The average molecular weight is 301 g/mol. The third kappa shape index (κ3) is 2.55. The molecule has 0 aliphatic carbocycles. The van der Waals surface area contributed by atoms with E-state index in [1.54, 1.807) is 18.2 Å². The standard InChI is InChI=1S/C16H13F2N3O/c1-2-22-15-11-7-9(4-6-14(11)20-16(19)21-15)10-3-5-12(17)13(18)8-10/h3-8H,2H2,1H3,(H2,19,20,21). The Morgan fingerprint density at radius 2 is 1.73 bits per heavy atom. The first kappa shape index (κ1) is 14.2. The Morgan fingerprint density at radius 3 is 2.45 bits per heavy atom. The van der Waals surface area contributed by atoms with E-state index in [9.17, 15) is 8.78 Å². The molecule has 4 nitrogen and oxygen atoms in total. The number of hydrogen-bond donors (Lipinski definition) is 1. The average Bonchev–Trinajstić information content (AvgIpc) is 2.50. The molecule has 6 heteroatoms. The quantitative estimate of drug-likeness (QED) is 0.803. The molecule has 112 valence electrons.